The summed E-state index contributed by atoms with van der Waals surface area (Å²) < 4.78 is 54.0. The molecule has 0 atom stereocenters. The first-order valence-corrected chi connectivity index (χ1v) is 7.56. The molecule has 0 spiro atoms. The number of aryl methyl sites for hydroxylation is 1. The molecule has 0 bridgehead atoms. The maximum Gasteiger partial charge on any atom is 0.435 e. The zero-order valence-electron chi connectivity index (χ0n) is 13.7. The summed E-state index contributed by atoms with van der Waals surface area (Å²) in [6.07, 6.45) is -4.51. The van der Waals surface area contributed by atoms with Crippen LogP contribution >= 0.6 is 0 Å². The van der Waals surface area contributed by atoms with Gasteiger partial charge in [0.1, 0.15) is 17.5 Å². The monoisotopic (exact) mass is 365 g/mol. The molecule has 4 N–H and O–H groups in total. The van der Waals surface area contributed by atoms with Crippen molar-refractivity contribution < 1.29 is 17.6 Å². The van der Waals surface area contributed by atoms with Crippen molar-refractivity contribution in [3.63, 3.8) is 0 Å². The number of nitrogen functional groups attached to an aromatic ring is 2. The highest BCUT2D eigenvalue weighted by atomic mass is 19.4. The molecule has 0 aliphatic rings. The van der Waals surface area contributed by atoms with E-state index in [0.29, 0.717) is 11.1 Å². The molecule has 0 saturated carbocycles. The van der Waals surface area contributed by atoms with Gasteiger partial charge in [-0.1, -0.05) is 18.2 Å². The highest BCUT2D eigenvalue weighted by Crippen LogP contribution is 2.36. The molecule has 0 aliphatic heterocycles. The van der Waals surface area contributed by atoms with Gasteiger partial charge in [0.15, 0.2) is 5.69 Å². The normalized spacial score (nSPS) is 11.7. The number of alkyl halides is 3. The lowest BCUT2D eigenvalue weighted by Crippen LogP contribution is -2.07. The molecule has 0 unspecified atom stereocenters. The highest BCUT2D eigenvalue weighted by molar-refractivity contribution is 5.77. The van der Waals surface area contributed by atoms with Gasteiger partial charge in [0.2, 0.25) is 0 Å². The van der Waals surface area contributed by atoms with Gasteiger partial charge in [-0.15, -0.1) is 0 Å². The second-order valence-corrected chi connectivity index (χ2v) is 5.77. The van der Waals surface area contributed by atoms with Gasteiger partial charge in [-0.3, -0.25) is 4.68 Å². The minimum Gasteiger partial charge on any atom is -0.384 e. The molecule has 136 valence electrons. The van der Waals surface area contributed by atoms with Gasteiger partial charge >= 0.3 is 6.18 Å². The molecule has 0 aliphatic carbocycles. The number of hydrogen-bond acceptors (Lipinski definition) is 4. The Hall–Kier alpha value is -3.10. The van der Waals surface area contributed by atoms with Gasteiger partial charge in [0.05, 0.1) is 5.69 Å². The Balaban J connectivity index is 2.16. The van der Waals surface area contributed by atoms with Crippen LogP contribution in [0.2, 0.25) is 0 Å². The first kappa shape index (κ1) is 17.7. The largest absolute Gasteiger partial charge is 0.435 e. The molecule has 0 fully saturated rings. The zero-order chi connectivity index (χ0) is 19.1. The van der Waals surface area contributed by atoms with Crippen molar-refractivity contribution in [2.45, 2.75) is 12.6 Å². The van der Waals surface area contributed by atoms with Crippen LogP contribution in [0.4, 0.5) is 29.2 Å². The SMILES string of the molecule is Cn1nc(C(F)(F)F)cc1-c1c(Cc2ccccc2F)cc(N)nc1N. The Kier molecular flexibility index (Phi) is 4.31. The molecule has 5 nitrogen and oxygen atoms in total. The molecule has 2 aromatic heterocycles. The number of nitrogens with two attached hydrogens (primary N) is 2. The van der Waals surface area contributed by atoms with E-state index in [1.807, 2.05) is 0 Å². The minimum atomic E-state index is -4.60. The van der Waals surface area contributed by atoms with E-state index in [9.17, 15) is 17.6 Å². The molecular weight excluding hydrogens is 350 g/mol. The van der Waals surface area contributed by atoms with E-state index in [-0.39, 0.29) is 29.3 Å². The predicted molar refractivity (Wildman–Crippen MR) is 89.5 cm³/mol. The van der Waals surface area contributed by atoms with E-state index >= 15 is 0 Å². The second kappa shape index (κ2) is 6.32. The maximum atomic E-state index is 14.0. The van der Waals surface area contributed by atoms with Crippen molar-refractivity contribution in [1.29, 1.82) is 0 Å². The van der Waals surface area contributed by atoms with E-state index in [2.05, 4.69) is 10.1 Å². The summed E-state index contributed by atoms with van der Waals surface area (Å²) in [6.45, 7) is 0. The van der Waals surface area contributed by atoms with Gasteiger partial charge < -0.3 is 11.5 Å². The van der Waals surface area contributed by atoms with Crippen LogP contribution < -0.4 is 11.5 Å². The fourth-order valence-electron chi connectivity index (χ4n) is 2.76. The van der Waals surface area contributed by atoms with E-state index < -0.39 is 17.7 Å². The molecule has 0 saturated heterocycles. The van der Waals surface area contributed by atoms with Crippen LogP contribution in [-0.4, -0.2) is 14.8 Å². The lowest BCUT2D eigenvalue weighted by Gasteiger charge is -2.13. The standard InChI is InChI=1S/C17H15F4N5/c1-26-12(8-13(25-26)17(19,20)21)15-10(7-14(22)24-16(15)23)6-9-4-2-3-5-11(9)18/h2-5,7-8H,6H2,1H3,(H4,22,23,24). The van der Waals surface area contributed by atoms with E-state index in [1.54, 1.807) is 18.2 Å². The summed E-state index contributed by atoms with van der Waals surface area (Å²) in [5, 5.41) is 3.49. The van der Waals surface area contributed by atoms with Gasteiger partial charge in [-0.2, -0.15) is 18.3 Å². The Morgan fingerprint density at radius 3 is 2.38 bits per heavy atom. The average Bonchev–Trinajstić information content (AvgIpc) is 2.91. The van der Waals surface area contributed by atoms with Crippen LogP contribution in [0.1, 0.15) is 16.8 Å². The van der Waals surface area contributed by atoms with Gasteiger partial charge in [0, 0.05) is 19.0 Å². The fourth-order valence-corrected chi connectivity index (χ4v) is 2.76. The molecule has 3 aromatic rings. The van der Waals surface area contributed by atoms with Gasteiger partial charge in [0.25, 0.3) is 0 Å². The lowest BCUT2D eigenvalue weighted by atomic mass is 9.98. The van der Waals surface area contributed by atoms with Crippen molar-refractivity contribution >= 4 is 11.6 Å². The van der Waals surface area contributed by atoms with Crippen molar-refractivity contribution in [2.75, 3.05) is 11.5 Å². The molecule has 0 amide bonds. The summed E-state index contributed by atoms with van der Waals surface area (Å²) in [5.41, 5.74) is 11.8. The molecule has 0 radical (unpaired) electrons. The quantitative estimate of drug-likeness (QED) is 0.697. The van der Waals surface area contributed by atoms with Crippen molar-refractivity contribution in [3.05, 3.63) is 59.0 Å². The third kappa shape index (κ3) is 3.32. The van der Waals surface area contributed by atoms with E-state index in [0.717, 1.165) is 10.7 Å². The molecular formula is C17H15F4N5. The van der Waals surface area contributed by atoms with Crippen molar-refractivity contribution in [3.8, 4) is 11.3 Å². The third-order valence-corrected chi connectivity index (χ3v) is 3.91. The maximum absolute atomic E-state index is 14.0. The number of aromatic nitrogens is 3. The van der Waals surface area contributed by atoms with Crippen LogP contribution in [0.25, 0.3) is 11.3 Å². The topological polar surface area (TPSA) is 82.8 Å². The van der Waals surface area contributed by atoms with E-state index in [1.165, 1.54) is 19.2 Å². The van der Waals surface area contributed by atoms with Crippen LogP contribution in [0.5, 0.6) is 0 Å². The molecule has 2 heterocycles. The number of rotatable bonds is 3. The molecule has 1 aromatic carbocycles. The summed E-state index contributed by atoms with van der Waals surface area (Å²) in [5.74, 6) is -0.391. The lowest BCUT2D eigenvalue weighted by molar-refractivity contribution is -0.141. The summed E-state index contributed by atoms with van der Waals surface area (Å²) in [7, 11) is 1.37. The van der Waals surface area contributed by atoms with Crippen LogP contribution in [0.3, 0.4) is 0 Å². The first-order chi connectivity index (χ1) is 12.2. The number of benzene rings is 1. The highest BCUT2D eigenvalue weighted by Gasteiger charge is 2.35. The number of pyridine rings is 1. The Morgan fingerprint density at radius 1 is 1.08 bits per heavy atom. The van der Waals surface area contributed by atoms with Crippen LogP contribution in [-0.2, 0) is 19.6 Å². The first-order valence-electron chi connectivity index (χ1n) is 7.56. The number of hydrogen-bond donors (Lipinski definition) is 2. The van der Waals surface area contributed by atoms with Crippen molar-refractivity contribution in [1.82, 2.24) is 14.8 Å². The summed E-state index contributed by atoms with van der Waals surface area (Å²) in [6, 6.07) is 8.45. The van der Waals surface area contributed by atoms with E-state index in [4.69, 9.17) is 11.5 Å². The average molecular weight is 365 g/mol. The van der Waals surface area contributed by atoms with Gasteiger partial charge in [-0.25, -0.2) is 9.37 Å². The fraction of sp³-hybridized carbons (Fsp3) is 0.176. The Labute approximate surface area is 146 Å². The van der Waals surface area contributed by atoms with Crippen molar-refractivity contribution in [2.24, 2.45) is 7.05 Å². The number of anilines is 2. The summed E-state index contributed by atoms with van der Waals surface area (Å²) in [4.78, 5) is 3.93. The molecule has 9 heteroatoms. The molecule has 26 heavy (non-hydrogen) atoms. The summed E-state index contributed by atoms with van der Waals surface area (Å²) >= 11 is 0. The third-order valence-electron chi connectivity index (χ3n) is 3.91. The smallest absolute Gasteiger partial charge is 0.384 e. The molecule has 3 rings (SSSR count). The zero-order valence-corrected chi connectivity index (χ0v) is 13.7. The van der Waals surface area contributed by atoms with Crippen LogP contribution in [0.15, 0.2) is 36.4 Å². The Bertz CT molecular complexity index is 962. The predicted octanol–water partition coefficient (Wildman–Crippen LogP) is 3.40. The second-order valence-electron chi connectivity index (χ2n) is 5.77. The number of halogens is 4. The van der Waals surface area contributed by atoms with Gasteiger partial charge in [-0.05, 0) is 29.3 Å². The number of nitrogens with zero attached hydrogens (tertiary/aromatic N) is 3. The minimum absolute atomic E-state index is 0.0481. The Morgan fingerprint density at radius 2 is 1.77 bits per heavy atom. The van der Waals surface area contributed by atoms with Crippen LogP contribution in [0, 0.1) is 5.82 Å².